The van der Waals surface area contributed by atoms with Crippen LogP contribution >= 0.6 is 0 Å². The summed E-state index contributed by atoms with van der Waals surface area (Å²) in [6.45, 7) is 8.06. The van der Waals surface area contributed by atoms with E-state index in [0.29, 0.717) is 18.0 Å². The quantitative estimate of drug-likeness (QED) is 0.781. The molecule has 0 unspecified atom stereocenters. The summed E-state index contributed by atoms with van der Waals surface area (Å²) in [5.41, 5.74) is 1.34. The Labute approximate surface area is 178 Å². The van der Waals surface area contributed by atoms with E-state index in [1.165, 1.54) is 0 Å². The van der Waals surface area contributed by atoms with Gasteiger partial charge < -0.3 is 19.4 Å². The third-order valence-electron chi connectivity index (χ3n) is 7.09. The number of nitrogens with zero attached hydrogens (tertiary/aromatic N) is 4. The van der Waals surface area contributed by atoms with Crippen molar-refractivity contribution in [2.45, 2.75) is 24.9 Å². The van der Waals surface area contributed by atoms with E-state index >= 15 is 0 Å². The van der Waals surface area contributed by atoms with Crippen LogP contribution < -0.4 is 0 Å². The van der Waals surface area contributed by atoms with Crippen LogP contribution in [0.15, 0.2) is 36.5 Å². The molecule has 3 fully saturated rings. The maximum atomic E-state index is 13.4. The number of amides is 1. The standard InChI is InChI=1S/C24H32N4O2/c1-26-11-13-27(14-12-26)16-19-15-24(30-17-19)8-4-10-28(18-24)23(29)21-7-2-5-20-6-3-9-25-22(20)21/h2-3,5-7,9,19H,4,8,10-18H2,1H3/t19-,24-/m0/s1. The number of likely N-dealkylation sites (tertiary alicyclic amines) is 1. The fourth-order valence-corrected chi connectivity index (χ4v) is 5.45. The topological polar surface area (TPSA) is 48.9 Å². The molecule has 6 heteroatoms. The number of aromatic nitrogens is 1. The summed E-state index contributed by atoms with van der Waals surface area (Å²) in [5, 5.41) is 1.01. The van der Waals surface area contributed by atoms with Crippen molar-refractivity contribution < 1.29 is 9.53 Å². The van der Waals surface area contributed by atoms with Crippen LogP contribution in [0.1, 0.15) is 29.6 Å². The molecule has 1 amide bonds. The Kier molecular flexibility index (Phi) is 5.48. The number of likely N-dealkylation sites (N-methyl/N-ethyl adjacent to an activating group) is 1. The molecule has 2 atom stereocenters. The Morgan fingerprint density at radius 2 is 2.00 bits per heavy atom. The Hall–Kier alpha value is -2.02. The highest BCUT2D eigenvalue weighted by molar-refractivity contribution is 6.05. The van der Waals surface area contributed by atoms with Crippen LogP contribution in [0.2, 0.25) is 0 Å². The van der Waals surface area contributed by atoms with Crippen LogP contribution in [0.3, 0.4) is 0 Å². The van der Waals surface area contributed by atoms with Gasteiger partial charge in [0.15, 0.2) is 0 Å². The Morgan fingerprint density at radius 1 is 1.17 bits per heavy atom. The lowest BCUT2D eigenvalue weighted by Gasteiger charge is -2.40. The van der Waals surface area contributed by atoms with Crippen LogP contribution in [-0.2, 0) is 4.74 Å². The minimum absolute atomic E-state index is 0.0875. The molecule has 1 aromatic carbocycles. The molecule has 3 aliphatic heterocycles. The third-order valence-corrected chi connectivity index (χ3v) is 7.09. The molecule has 1 spiro atoms. The number of piperazine rings is 1. The molecule has 0 aliphatic carbocycles. The van der Waals surface area contributed by atoms with Crippen LogP contribution in [0.25, 0.3) is 10.9 Å². The highest BCUT2D eigenvalue weighted by Gasteiger charge is 2.45. The van der Waals surface area contributed by atoms with E-state index in [9.17, 15) is 4.79 Å². The van der Waals surface area contributed by atoms with Crippen molar-refractivity contribution >= 4 is 16.8 Å². The fourth-order valence-electron chi connectivity index (χ4n) is 5.45. The van der Waals surface area contributed by atoms with Crippen molar-refractivity contribution in [1.29, 1.82) is 0 Å². The number of hydrogen-bond donors (Lipinski definition) is 0. The van der Waals surface area contributed by atoms with Gasteiger partial charge in [-0.2, -0.15) is 0 Å². The fraction of sp³-hybridized carbons (Fsp3) is 0.583. The van der Waals surface area contributed by atoms with Gasteiger partial charge in [0.25, 0.3) is 5.91 Å². The molecule has 3 saturated heterocycles. The smallest absolute Gasteiger partial charge is 0.256 e. The average molecular weight is 409 g/mol. The highest BCUT2D eigenvalue weighted by Crippen LogP contribution is 2.38. The molecule has 0 bridgehead atoms. The Bertz CT molecular complexity index is 906. The average Bonchev–Trinajstić information content (AvgIpc) is 3.15. The van der Waals surface area contributed by atoms with Crippen molar-refractivity contribution in [2.75, 3.05) is 59.5 Å². The number of para-hydroxylation sites is 1. The van der Waals surface area contributed by atoms with Gasteiger partial charge in [-0.3, -0.25) is 9.78 Å². The summed E-state index contributed by atoms with van der Waals surface area (Å²) in [4.78, 5) is 24.9. The molecule has 1 aromatic heterocycles. The molecular formula is C24H32N4O2. The number of benzene rings is 1. The van der Waals surface area contributed by atoms with Crippen molar-refractivity contribution in [3.63, 3.8) is 0 Å². The molecule has 0 N–H and O–H groups in total. The first-order valence-corrected chi connectivity index (χ1v) is 11.3. The normalized spacial score (nSPS) is 28.4. The molecular weight excluding hydrogens is 376 g/mol. The second kappa shape index (κ2) is 8.25. The first-order chi connectivity index (χ1) is 14.6. The lowest BCUT2D eigenvalue weighted by Crippen LogP contribution is -2.50. The van der Waals surface area contributed by atoms with Crippen molar-refractivity contribution in [2.24, 2.45) is 5.92 Å². The van der Waals surface area contributed by atoms with Gasteiger partial charge in [-0.15, -0.1) is 0 Å². The summed E-state index contributed by atoms with van der Waals surface area (Å²) in [7, 11) is 2.20. The zero-order valence-corrected chi connectivity index (χ0v) is 17.9. The van der Waals surface area contributed by atoms with Gasteiger partial charge in [0, 0.05) is 57.4 Å². The molecule has 5 rings (SSSR count). The summed E-state index contributed by atoms with van der Waals surface area (Å²) in [5.74, 6) is 0.659. The molecule has 2 aromatic rings. The molecule has 0 radical (unpaired) electrons. The van der Waals surface area contributed by atoms with Gasteiger partial charge in [-0.1, -0.05) is 18.2 Å². The minimum atomic E-state index is -0.164. The van der Waals surface area contributed by atoms with Gasteiger partial charge in [0.2, 0.25) is 0 Å². The summed E-state index contributed by atoms with van der Waals surface area (Å²) < 4.78 is 6.41. The zero-order chi connectivity index (χ0) is 20.6. The predicted molar refractivity (Wildman–Crippen MR) is 118 cm³/mol. The van der Waals surface area contributed by atoms with E-state index in [-0.39, 0.29) is 11.5 Å². The number of ether oxygens (including phenoxy) is 1. The third kappa shape index (κ3) is 3.96. The monoisotopic (exact) mass is 408 g/mol. The van der Waals surface area contributed by atoms with Gasteiger partial charge in [0.1, 0.15) is 0 Å². The zero-order valence-electron chi connectivity index (χ0n) is 17.9. The molecule has 3 aliphatic rings. The van der Waals surface area contributed by atoms with E-state index in [2.05, 4.69) is 21.8 Å². The van der Waals surface area contributed by atoms with Gasteiger partial charge in [0.05, 0.1) is 23.3 Å². The SMILES string of the molecule is CN1CCN(C[C@H]2CO[C@@]3(CCCN(C(=O)c4cccc5cccnc45)C3)C2)CC1. The maximum absolute atomic E-state index is 13.4. The number of carbonyl (C=O) groups is 1. The summed E-state index contributed by atoms with van der Waals surface area (Å²) in [6, 6.07) is 9.80. The molecule has 30 heavy (non-hydrogen) atoms. The summed E-state index contributed by atoms with van der Waals surface area (Å²) in [6.07, 6.45) is 4.89. The second-order valence-electron chi connectivity index (χ2n) is 9.38. The second-order valence-corrected chi connectivity index (χ2v) is 9.38. The van der Waals surface area contributed by atoms with Gasteiger partial charge >= 0.3 is 0 Å². The van der Waals surface area contributed by atoms with E-state index in [1.54, 1.807) is 6.20 Å². The van der Waals surface area contributed by atoms with Gasteiger partial charge in [-0.25, -0.2) is 0 Å². The van der Waals surface area contributed by atoms with Gasteiger partial charge in [-0.05, 0) is 44.4 Å². The predicted octanol–water partition coefficient (Wildman–Crippen LogP) is 2.49. The number of fused-ring (bicyclic) bond motifs is 1. The number of hydrogen-bond acceptors (Lipinski definition) is 5. The van der Waals surface area contributed by atoms with E-state index < -0.39 is 0 Å². The van der Waals surface area contributed by atoms with Crippen LogP contribution in [0.5, 0.6) is 0 Å². The molecule has 0 saturated carbocycles. The van der Waals surface area contributed by atoms with Crippen molar-refractivity contribution in [3.05, 3.63) is 42.1 Å². The molecule has 4 heterocycles. The number of pyridine rings is 1. The number of piperidine rings is 1. The highest BCUT2D eigenvalue weighted by atomic mass is 16.5. The van der Waals surface area contributed by atoms with E-state index in [0.717, 1.165) is 76.0 Å². The number of carbonyl (C=O) groups excluding carboxylic acids is 1. The Morgan fingerprint density at radius 3 is 2.87 bits per heavy atom. The van der Waals surface area contributed by atoms with Crippen LogP contribution in [-0.4, -0.2) is 90.7 Å². The minimum Gasteiger partial charge on any atom is -0.373 e. The number of rotatable bonds is 3. The maximum Gasteiger partial charge on any atom is 0.256 e. The lowest BCUT2D eigenvalue weighted by molar-refractivity contribution is -0.0450. The summed E-state index contributed by atoms with van der Waals surface area (Å²) >= 11 is 0. The largest absolute Gasteiger partial charge is 0.373 e. The van der Waals surface area contributed by atoms with Crippen LogP contribution in [0.4, 0.5) is 0 Å². The molecule has 6 nitrogen and oxygen atoms in total. The van der Waals surface area contributed by atoms with E-state index in [4.69, 9.17) is 4.74 Å². The molecule has 160 valence electrons. The lowest BCUT2D eigenvalue weighted by atomic mass is 9.86. The van der Waals surface area contributed by atoms with Crippen LogP contribution in [0, 0.1) is 5.92 Å². The van der Waals surface area contributed by atoms with E-state index in [1.807, 2.05) is 35.2 Å². The van der Waals surface area contributed by atoms with Crippen molar-refractivity contribution in [3.8, 4) is 0 Å². The first-order valence-electron chi connectivity index (χ1n) is 11.3. The Balaban J connectivity index is 1.26. The van der Waals surface area contributed by atoms with Crippen molar-refractivity contribution in [1.82, 2.24) is 19.7 Å². The first kappa shape index (κ1) is 19.9.